The Labute approximate surface area is 188 Å². The molecule has 0 saturated carbocycles. The normalized spacial score (nSPS) is 14.3. The molecule has 30 heavy (non-hydrogen) atoms. The Kier molecular flexibility index (Phi) is 9.15. The molecule has 4 nitrogen and oxygen atoms in total. The quantitative estimate of drug-likeness (QED) is 0.291. The molecule has 0 atom stereocenters. The second-order valence-electron chi connectivity index (χ2n) is 7.20. The Balaban J connectivity index is 1.54. The van der Waals surface area contributed by atoms with Crippen LogP contribution in [0.15, 0.2) is 48.7 Å². The van der Waals surface area contributed by atoms with Crippen molar-refractivity contribution in [2.75, 3.05) is 29.5 Å². The highest BCUT2D eigenvalue weighted by molar-refractivity contribution is 8.77. The zero-order chi connectivity index (χ0) is 21.2. The summed E-state index contributed by atoms with van der Waals surface area (Å²) in [7, 11) is 3.56. The van der Waals surface area contributed by atoms with Gasteiger partial charge in [-0.25, -0.2) is 0 Å². The van der Waals surface area contributed by atoms with Crippen LogP contribution in [0.2, 0.25) is 0 Å². The molecule has 1 aromatic carbocycles. The number of aryl methyl sites for hydroxylation is 1. The summed E-state index contributed by atoms with van der Waals surface area (Å²) in [6.45, 7) is 7.18. The van der Waals surface area contributed by atoms with Crippen LogP contribution in [0.5, 0.6) is 0 Å². The van der Waals surface area contributed by atoms with Crippen molar-refractivity contribution in [3.63, 3.8) is 0 Å². The minimum Gasteiger partial charge on any atom is -0.461 e. The Hall–Kier alpha value is -1.92. The SMILES string of the molecule is CCN(CC)c1ccc(/C=C/c2cccc[n+]2CCCC(=O)OC2CSSC2)cc1. The van der Waals surface area contributed by atoms with Crippen LogP contribution in [0, 0.1) is 0 Å². The van der Waals surface area contributed by atoms with Gasteiger partial charge >= 0.3 is 5.97 Å². The van der Waals surface area contributed by atoms with Gasteiger partial charge in [-0.15, -0.1) is 0 Å². The largest absolute Gasteiger partial charge is 0.461 e. The van der Waals surface area contributed by atoms with Gasteiger partial charge in [0, 0.05) is 54.9 Å². The van der Waals surface area contributed by atoms with Crippen LogP contribution in [-0.2, 0) is 16.1 Å². The van der Waals surface area contributed by atoms with Crippen molar-refractivity contribution < 1.29 is 14.1 Å². The molecule has 1 fully saturated rings. The molecule has 1 aromatic heterocycles. The number of hydrogen-bond acceptors (Lipinski definition) is 5. The second kappa shape index (κ2) is 12.1. The van der Waals surface area contributed by atoms with Gasteiger partial charge in [-0.3, -0.25) is 4.79 Å². The van der Waals surface area contributed by atoms with Crippen molar-refractivity contribution in [3.8, 4) is 0 Å². The van der Waals surface area contributed by atoms with Crippen molar-refractivity contribution in [1.82, 2.24) is 0 Å². The van der Waals surface area contributed by atoms with E-state index in [4.69, 9.17) is 4.74 Å². The van der Waals surface area contributed by atoms with Gasteiger partial charge in [-0.05, 0) is 43.7 Å². The lowest BCUT2D eigenvalue weighted by Gasteiger charge is -2.20. The molecule has 0 radical (unpaired) electrons. The van der Waals surface area contributed by atoms with Crippen molar-refractivity contribution in [2.45, 2.75) is 39.3 Å². The fourth-order valence-electron chi connectivity index (χ4n) is 3.41. The molecule has 0 spiro atoms. The van der Waals surface area contributed by atoms with Gasteiger partial charge in [0.2, 0.25) is 5.69 Å². The topological polar surface area (TPSA) is 33.4 Å². The van der Waals surface area contributed by atoms with Gasteiger partial charge in [0.15, 0.2) is 6.20 Å². The van der Waals surface area contributed by atoms with E-state index in [1.165, 1.54) is 11.3 Å². The number of rotatable bonds is 10. The zero-order valence-electron chi connectivity index (χ0n) is 17.8. The van der Waals surface area contributed by atoms with E-state index in [-0.39, 0.29) is 12.1 Å². The maximum atomic E-state index is 12.0. The fourth-order valence-corrected chi connectivity index (χ4v) is 5.92. The van der Waals surface area contributed by atoms with Crippen LogP contribution < -0.4 is 9.47 Å². The summed E-state index contributed by atoms with van der Waals surface area (Å²) in [4.78, 5) is 14.4. The number of carbonyl (C=O) groups excluding carboxylic acids is 1. The summed E-state index contributed by atoms with van der Waals surface area (Å²) in [5.74, 6) is 1.74. The van der Waals surface area contributed by atoms with Crippen molar-refractivity contribution in [2.24, 2.45) is 0 Å². The average molecular weight is 444 g/mol. The maximum Gasteiger partial charge on any atom is 0.306 e. The van der Waals surface area contributed by atoms with Crippen molar-refractivity contribution in [3.05, 3.63) is 59.9 Å². The highest BCUT2D eigenvalue weighted by Gasteiger charge is 2.20. The highest BCUT2D eigenvalue weighted by Crippen LogP contribution is 2.32. The average Bonchev–Trinajstić information content (AvgIpc) is 3.28. The lowest BCUT2D eigenvalue weighted by atomic mass is 10.1. The lowest BCUT2D eigenvalue weighted by Crippen LogP contribution is -2.36. The first-order valence-corrected chi connectivity index (χ1v) is 13.1. The Morgan fingerprint density at radius 1 is 1.10 bits per heavy atom. The second-order valence-corrected chi connectivity index (χ2v) is 9.75. The molecule has 2 aromatic rings. The molecule has 1 saturated heterocycles. The molecule has 0 amide bonds. The molecule has 160 valence electrons. The Bertz CT molecular complexity index is 829. The van der Waals surface area contributed by atoms with E-state index in [0.717, 1.165) is 43.3 Å². The Morgan fingerprint density at radius 2 is 1.83 bits per heavy atom. The molecule has 3 rings (SSSR count). The molecule has 2 heterocycles. The highest BCUT2D eigenvalue weighted by atomic mass is 33.1. The third-order valence-corrected chi connectivity index (χ3v) is 7.61. The number of aromatic nitrogens is 1. The molecule has 1 aliphatic heterocycles. The monoisotopic (exact) mass is 443 g/mol. The van der Waals surface area contributed by atoms with Gasteiger partial charge in [0.05, 0.1) is 6.42 Å². The number of pyridine rings is 1. The van der Waals surface area contributed by atoms with Crippen LogP contribution in [0.1, 0.15) is 37.9 Å². The van der Waals surface area contributed by atoms with Crippen LogP contribution >= 0.6 is 21.6 Å². The summed E-state index contributed by atoms with van der Waals surface area (Å²) in [6.07, 6.45) is 7.67. The number of nitrogens with zero attached hydrogens (tertiary/aromatic N) is 2. The minimum absolute atomic E-state index is 0.0787. The van der Waals surface area contributed by atoms with E-state index in [9.17, 15) is 4.79 Å². The number of hydrogen-bond donors (Lipinski definition) is 0. The summed E-state index contributed by atoms with van der Waals surface area (Å²) in [5.41, 5.74) is 3.56. The molecule has 0 aliphatic carbocycles. The first-order valence-electron chi connectivity index (χ1n) is 10.6. The Morgan fingerprint density at radius 3 is 2.53 bits per heavy atom. The molecule has 0 unspecified atom stereocenters. The number of ether oxygens (including phenoxy) is 1. The van der Waals surface area contributed by atoms with Gasteiger partial charge in [0.25, 0.3) is 0 Å². The van der Waals surface area contributed by atoms with Crippen LogP contribution in [-0.4, -0.2) is 36.7 Å². The zero-order valence-corrected chi connectivity index (χ0v) is 19.5. The molecular weight excluding hydrogens is 412 g/mol. The van der Waals surface area contributed by atoms with E-state index in [2.05, 4.69) is 72.0 Å². The van der Waals surface area contributed by atoms with Gasteiger partial charge in [0.1, 0.15) is 12.6 Å². The summed E-state index contributed by atoms with van der Waals surface area (Å²) >= 11 is 0. The van der Waals surface area contributed by atoms with E-state index >= 15 is 0 Å². The van der Waals surface area contributed by atoms with Crippen molar-refractivity contribution in [1.29, 1.82) is 0 Å². The molecule has 1 aliphatic rings. The van der Waals surface area contributed by atoms with Crippen LogP contribution in [0.4, 0.5) is 5.69 Å². The standard InChI is InChI=1S/C24H31N2O2S2/c1-3-25(4-2)22-14-11-20(12-15-22)10-13-21-8-5-6-16-26(21)17-7-9-24(27)28-23-18-29-30-19-23/h5-6,8,10-16,23H,3-4,7,9,17-19H2,1-2H3/q+1. The van der Waals surface area contributed by atoms with E-state index in [1.807, 2.05) is 12.1 Å². The number of carbonyl (C=O) groups is 1. The summed E-state index contributed by atoms with van der Waals surface area (Å²) in [5, 5.41) is 0. The molecule has 0 N–H and O–H groups in total. The first kappa shape index (κ1) is 22.8. The molecule has 6 heteroatoms. The van der Waals surface area contributed by atoms with E-state index < -0.39 is 0 Å². The number of anilines is 1. The summed E-state index contributed by atoms with van der Waals surface area (Å²) < 4.78 is 7.71. The van der Waals surface area contributed by atoms with E-state index in [1.54, 1.807) is 21.6 Å². The first-order chi connectivity index (χ1) is 14.7. The maximum absolute atomic E-state index is 12.0. The molecular formula is C24H31N2O2S2+. The molecule has 0 bridgehead atoms. The smallest absolute Gasteiger partial charge is 0.306 e. The fraction of sp³-hybridized carbons (Fsp3) is 0.417. The van der Waals surface area contributed by atoms with Crippen molar-refractivity contribution >= 4 is 45.4 Å². The lowest BCUT2D eigenvalue weighted by molar-refractivity contribution is -0.698. The number of esters is 1. The number of benzene rings is 1. The van der Waals surface area contributed by atoms with Crippen LogP contribution in [0.3, 0.4) is 0 Å². The predicted molar refractivity (Wildman–Crippen MR) is 130 cm³/mol. The van der Waals surface area contributed by atoms with Gasteiger partial charge in [-0.1, -0.05) is 33.7 Å². The minimum atomic E-state index is -0.0787. The predicted octanol–water partition coefficient (Wildman–Crippen LogP) is 5.08. The third kappa shape index (κ3) is 6.81. The van der Waals surface area contributed by atoms with Gasteiger partial charge in [-0.2, -0.15) is 4.57 Å². The summed E-state index contributed by atoms with van der Waals surface area (Å²) in [6, 6.07) is 14.9. The third-order valence-electron chi connectivity index (χ3n) is 5.11. The van der Waals surface area contributed by atoms with E-state index in [0.29, 0.717) is 6.42 Å². The van der Waals surface area contributed by atoms with Gasteiger partial charge < -0.3 is 9.64 Å². The van der Waals surface area contributed by atoms with Crippen LogP contribution in [0.25, 0.3) is 12.2 Å².